The van der Waals surface area contributed by atoms with E-state index in [-0.39, 0.29) is 68.2 Å². The van der Waals surface area contributed by atoms with Gasteiger partial charge in [-0.15, -0.1) is 0 Å². The molecule has 0 aliphatic carbocycles. The average Bonchev–Trinajstić information content (AvgIpc) is 2.20. The molecule has 0 atom stereocenters. The minimum absolute atomic E-state index is 0. The molecule has 0 saturated heterocycles. The molecule has 18 heavy (non-hydrogen) atoms. The van der Waals surface area contributed by atoms with Crippen LogP contribution in [-0.4, -0.2) is 13.3 Å². The zero-order valence-corrected chi connectivity index (χ0v) is 13.0. The maximum Gasteiger partial charge on any atom is 1.00 e. The average molecular weight is 281 g/mol. The first-order valence-electron chi connectivity index (χ1n) is 4.72. The molecule has 0 saturated carbocycles. The van der Waals surface area contributed by atoms with Crippen LogP contribution in [0.5, 0.6) is 0 Å². The molecule has 0 unspecified atom stereocenters. The van der Waals surface area contributed by atoms with E-state index in [1.807, 2.05) is 0 Å². The number of nitrogens with zero attached hydrogens (tertiary/aromatic N) is 3. The van der Waals surface area contributed by atoms with Gasteiger partial charge in [-0.3, -0.25) is 4.79 Å². The van der Waals surface area contributed by atoms with Gasteiger partial charge < -0.3 is 12.9 Å². The predicted octanol–water partition coefficient (Wildman–Crippen LogP) is 0.682. The molecule has 1 rings (SSSR count). The molecule has 0 spiro atoms. The zero-order chi connectivity index (χ0) is 13.1. The van der Waals surface area contributed by atoms with Crippen LogP contribution in [0.2, 0.25) is 0 Å². The Hall–Kier alpha value is -0.309. The van der Waals surface area contributed by atoms with Crippen molar-refractivity contribution >= 4 is 19.0 Å². The first kappa shape index (κ1) is 17.7. The van der Waals surface area contributed by atoms with Crippen molar-refractivity contribution in [1.29, 1.82) is 0 Å². The molecule has 90 valence electrons. The van der Waals surface area contributed by atoms with Gasteiger partial charge in [0.05, 0.1) is 0 Å². The summed E-state index contributed by atoms with van der Waals surface area (Å²) in [5.74, 6) is 0. The molecule has 1 aromatic carbocycles. The Morgan fingerprint density at radius 2 is 2.06 bits per heavy atom. The van der Waals surface area contributed by atoms with Crippen molar-refractivity contribution in [3.05, 3.63) is 39.3 Å². The summed E-state index contributed by atoms with van der Waals surface area (Å²) in [5.41, 5.74) is 8.73. The molecule has 0 bridgehead atoms. The summed E-state index contributed by atoms with van der Waals surface area (Å²) in [6.07, 6.45) is -0.659. The summed E-state index contributed by atoms with van der Waals surface area (Å²) < 4.78 is 36.8. The summed E-state index contributed by atoms with van der Waals surface area (Å²) in [6, 6.07) is 2.31. The quantitative estimate of drug-likeness (QED) is 0.263. The van der Waals surface area contributed by atoms with Gasteiger partial charge in [0.25, 0.3) is 0 Å². The largest absolute Gasteiger partial charge is 1.00 e. The Labute approximate surface area is 144 Å². The molecule has 1 aromatic rings. The van der Waals surface area contributed by atoms with Gasteiger partial charge in [-0.1, -0.05) is 29.1 Å². The van der Waals surface area contributed by atoms with E-state index in [2.05, 4.69) is 10.0 Å². The van der Waals surface area contributed by atoms with Gasteiger partial charge in [-0.05, 0) is 18.0 Å². The molecular weight excluding hydrogens is 273 g/mol. The van der Waals surface area contributed by atoms with E-state index in [1.54, 1.807) is 0 Å². The van der Waals surface area contributed by atoms with Crippen LogP contribution in [0.15, 0.2) is 17.2 Å². The zero-order valence-electron chi connectivity index (χ0n) is 9.90. The molecule has 0 fully saturated rings. The molecule has 9 heteroatoms. The van der Waals surface area contributed by atoms with E-state index in [1.165, 1.54) is 6.92 Å². The molecule has 0 aliphatic rings. The first-order chi connectivity index (χ1) is 7.87. The van der Waals surface area contributed by atoms with E-state index in [9.17, 15) is 17.7 Å². The van der Waals surface area contributed by atoms with Gasteiger partial charge in [0.2, 0.25) is 0 Å². The smallest absolute Gasteiger partial charge is 0.449 e. The number of benzene rings is 1. The van der Waals surface area contributed by atoms with E-state index in [4.69, 9.17) is 5.53 Å². The minimum atomic E-state index is -4.99. The molecule has 0 N–H and O–H groups in total. The number of carbonyl (C=O) groups is 1. The van der Waals surface area contributed by atoms with E-state index in [0.717, 1.165) is 12.1 Å². The van der Waals surface area contributed by atoms with Crippen molar-refractivity contribution in [2.75, 3.05) is 0 Å². The van der Waals surface area contributed by atoms with E-state index < -0.39 is 13.3 Å². The molecule has 0 aliphatic heterocycles. The van der Waals surface area contributed by atoms with Gasteiger partial charge in [0.15, 0.2) is 0 Å². The molecule has 4 nitrogen and oxygen atoms in total. The maximum atomic E-state index is 12.3. The number of hydrogen-bond donors (Lipinski definition) is 0. The second kappa shape index (κ2) is 7.32. The number of rotatable bonds is 4. The summed E-state index contributed by atoms with van der Waals surface area (Å²) in [7, 11) is 0. The van der Waals surface area contributed by atoms with Crippen LogP contribution >= 0.6 is 0 Å². The van der Waals surface area contributed by atoms with Crippen molar-refractivity contribution < 1.29 is 69.1 Å². The van der Waals surface area contributed by atoms with Crippen molar-refractivity contribution in [3.63, 3.8) is 0 Å². The molecule has 0 amide bonds. The minimum Gasteiger partial charge on any atom is -0.449 e. The normalized spacial score (nSPS) is 10.2. The fourth-order valence-corrected chi connectivity index (χ4v) is 1.44. The van der Waals surface area contributed by atoms with Crippen LogP contribution in [0, 0.1) is 6.92 Å². The third-order valence-electron chi connectivity index (χ3n) is 2.23. The molecule has 0 aromatic heterocycles. The maximum absolute atomic E-state index is 12.3. The summed E-state index contributed by atoms with van der Waals surface area (Å²) in [4.78, 5) is 13.2. The van der Waals surface area contributed by atoms with Gasteiger partial charge >= 0.3 is 58.4 Å². The van der Waals surface area contributed by atoms with Crippen LogP contribution in [0.1, 0.15) is 21.5 Å². The number of halogens is 3. The van der Waals surface area contributed by atoms with Gasteiger partial charge in [0.1, 0.15) is 6.29 Å². The van der Waals surface area contributed by atoms with Gasteiger partial charge in [-0.2, -0.15) is 0 Å². The number of aldehydes is 1. The Bertz CT molecular complexity index is 501. The first-order valence-corrected chi connectivity index (χ1v) is 4.72. The second-order valence-corrected chi connectivity index (χ2v) is 3.55. The van der Waals surface area contributed by atoms with Gasteiger partial charge in [0, 0.05) is 16.2 Å². The SMILES string of the molecule is Cc1c(C=O)cc(C[B-](F)(F)F)cc1N=[N+]=[N-].[K+]. The van der Waals surface area contributed by atoms with E-state index in [0.29, 0.717) is 11.8 Å². The summed E-state index contributed by atoms with van der Waals surface area (Å²) >= 11 is 0. The van der Waals surface area contributed by atoms with Crippen LogP contribution in [-0.2, 0) is 6.32 Å². The van der Waals surface area contributed by atoms with Crippen molar-refractivity contribution in [2.24, 2.45) is 5.11 Å². The Morgan fingerprint density at radius 3 is 2.50 bits per heavy atom. The Morgan fingerprint density at radius 1 is 1.44 bits per heavy atom. The predicted molar refractivity (Wildman–Crippen MR) is 58.2 cm³/mol. The topological polar surface area (TPSA) is 65.8 Å². The second-order valence-electron chi connectivity index (χ2n) is 3.55. The molecule has 0 heterocycles. The van der Waals surface area contributed by atoms with E-state index >= 15 is 0 Å². The fourth-order valence-electron chi connectivity index (χ4n) is 1.44. The third-order valence-corrected chi connectivity index (χ3v) is 2.23. The van der Waals surface area contributed by atoms with Crippen molar-refractivity contribution in [1.82, 2.24) is 0 Å². The van der Waals surface area contributed by atoms with Gasteiger partial charge in [-0.25, -0.2) is 0 Å². The third kappa shape index (κ3) is 5.13. The number of carbonyl (C=O) groups excluding carboxylic acids is 1. The van der Waals surface area contributed by atoms with Crippen LogP contribution < -0.4 is 51.4 Å². The van der Waals surface area contributed by atoms with Crippen molar-refractivity contribution in [3.8, 4) is 0 Å². The summed E-state index contributed by atoms with van der Waals surface area (Å²) in [5, 5.41) is 3.27. The number of hydrogen-bond acceptors (Lipinski definition) is 2. The van der Waals surface area contributed by atoms with Crippen LogP contribution in [0.3, 0.4) is 0 Å². The monoisotopic (exact) mass is 281 g/mol. The fraction of sp³-hybridized carbons (Fsp3) is 0.222. The molecular formula is C9H8BF3KN3O. The van der Waals surface area contributed by atoms with Crippen LogP contribution in [0.4, 0.5) is 18.6 Å². The van der Waals surface area contributed by atoms with Crippen LogP contribution in [0.25, 0.3) is 10.4 Å². The van der Waals surface area contributed by atoms with Crippen molar-refractivity contribution in [2.45, 2.75) is 13.2 Å². The Balaban J connectivity index is 0.00000289. The Kier molecular flexibility index (Phi) is 7.20. The number of azide groups is 1. The molecule has 0 radical (unpaired) electrons. The summed E-state index contributed by atoms with van der Waals surface area (Å²) in [6.45, 7) is -3.48. The standard InChI is InChI=1S/C9H8BF3N3O.K/c1-6-8(5-17)2-7(4-10(11,12)13)3-9(6)15-16-14;/h2-3,5H,4H2,1H3;/q-1;+1.